The lowest BCUT2D eigenvalue weighted by Crippen LogP contribution is -2.28. The summed E-state index contributed by atoms with van der Waals surface area (Å²) in [6.45, 7) is 5.20. The average molecular weight is 405 g/mol. The van der Waals surface area contributed by atoms with Crippen LogP contribution >= 0.6 is 0 Å². The quantitative estimate of drug-likeness (QED) is 0.489. The van der Waals surface area contributed by atoms with Crippen LogP contribution in [0.4, 0.5) is 0 Å². The lowest BCUT2D eigenvalue weighted by Gasteiger charge is -2.15. The van der Waals surface area contributed by atoms with Gasteiger partial charge in [-0.3, -0.25) is 9.48 Å². The van der Waals surface area contributed by atoms with Crippen LogP contribution in [0.3, 0.4) is 0 Å². The van der Waals surface area contributed by atoms with E-state index in [1.54, 1.807) is 6.33 Å². The van der Waals surface area contributed by atoms with Crippen molar-refractivity contribution >= 4 is 16.9 Å². The van der Waals surface area contributed by atoms with Gasteiger partial charge in [0.2, 0.25) is 11.7 Å². The van der Waals surface area contributed by atoms with Crippen molar-refractivity contribution in [2.75, 3.05) is 13.1 Å². The Hall–Kier alpha value is -3.49. The molecule has 4 aromatic rings. The van der Waals surface area contributed by atoms with Crippen LogP contribution in [0.5, 0.6) is 0 Å². The third kappa shape index (κ3) is 3.47. The maximum atomic E-state index is 12.3. The zero-order valence-electron chi connectivity index (χ0n) is 16.9. The molecule has 1 aliphatic rings. The largest absolute Gasteiger partial charge is 0.343 e. The zero-order valence-corrected chi connectivity index (χ0v) is 16.9. The first-order valence-electron chi connectivity index (χ1n) is 10.3. The summed E-state index contributed by atoms with van der Waals surface area (Å²) in [5.41, 5.74) is 3.30. The van der Waals surface area contributed by atoms with E-state index in [0.29, 0.717) is 30.4 Å². The molecule has 5 rings (SSSR count). The first kappa shape index (κ1) is 18.5. The number of amides is 1. The second-order valence-corrected chi connectivity index (χ2v) is 7.46. The Morgan fingerprint density at radius 1 is 1.20 bits per heavy atom. The molecule has 9 nitrogen and oxygen atoms in total. The van der Waals surface area contributed by atoms with Gasteiger partial charge in [0.25, 0.3) is 5.89 Å². The molecule has 4 heterocycles. The number of rotatable bonds is 6. The van der Waals surface area contributed by atoms with E-state index in [2.05, 4.69) is 20.2 Å². The summed E-state index contributed by atoms with van der Waals surface area (Å²) in [5, 5.41) is 8.49. The highest BCUT2D eigenvalue weighted by atomic mass is 16.5. The van der Waals surface area contributed by atoms with Gasteiger partial charge in [-0.1, -0.05) is 5.16 Å². The summed E-state index contributed by atoms with van der Waals surface area (Å²) >= 11 is 0. The fourth-order valence-electron chi connectivity index (χ4n) is 3.82. The van der Waals surface area contributed by atoms with E-state index in [4.69, 9.17) is 4.52 Å². The number of carbonyl (C=O) groups excluding carboxylic acids is 1. The van der Waals surface area contributed by atoms with Crippen molar-refractivity contribution in [2.24, 2.45) is 0 Å². The molecular formula is C21H23N7O2. The molecule has 0 unspecified atom stereocenters. The van der Waals surface area contributed by atoms with Crippen molar-refractivity contribution < 1.29 is 9.32 Å². The minimum Gasteiger partial charge on any atom is -0.343 e. The second-order valence-electron chi connectivity index (χ2n) is 7.46. The van der Waals surface area contributed by atoms with Crippen molar-refractivity contribution in [3.05, 3.63) is 36.8 Å². The maximum Gasteiger partial charge on any atom is 0.278 e. The van der Waals surface area contributed by atoms with Crippen LogP contribution < -0.4 is 0 Å². The molecule has 1 aliphatic heterocycles. The van der Waals surface area contributed by atoms with Gasteiger partial charge in [-0.25, -0.2) is 4.98 Å². The molecule has 30 heavy (non-hydrogen) atoms. The summed E-state index contributed by atoms with van der Waals surface area (Å²) < 4.78 is 9.22. The van der Waals surface area contributed by atoms with Crippen LogP contribution in [0, 0.1) is 0 Å². The predicted octanol–water partition coefficient (Wildman–Crippen LogP) is 2.98. The van der Waals surface area contributed by atoms with Gasteiger partial charge in [0.15, 0.2) is 5.69 Å². The Morgan fingerprint density at radius 3 is 2.87 bits per heavy atom. The van der Waals surface area contributed by atoms with E-state index in [1.807, 2.05) is 51.5 Å². The molecule has 9 heteroatoms. The SMILES string of the molecule is CCn1ccc(-c2nc(-c3ccc4c(c3)ncn4CCC(=O)N3CCCC3)no2)n1. The average Bonchev–Trinajstić information content (AvgIpc) is 3.56. The van der Waals surface area contributed by atoms with E-state index in [-0.39, 0.29) is 5.91 Å². The van der Waals surface area contributed by atoms with Gasteiger partial charge in [-0.15, -0.1) is 0 Å². The molecule has 3 aromatic heterocycles. The number of hydrogen-bond donors (Lipinski definition) is 0. The molecule has 0 saturated carbocycles. The molecule has 1 fully saturated rings. The topological polar surface area (TPSA) is 94.9 Å². The number of aryl methyl sites for hydroxylation is 2. The number of aromatic nitrogens is 6. The third-order valence-corrected chi connectivity index (χ3v) is 5.51. The Morgan fingerprint density at radius 2 is 2.07 bits per heavy atom. The number of hydrogen-bond acceptors (Lipinski definition) is 6. The summed E-state index contributed by atoms with van der Waals surface area (Å²) in [5.74, 6) is 1.11. The van der Waals surface area contributed by atoms with Crippen LogP contribution in [0.2, 0.25) is 0 Å². The van der Waals surface area contributed by atoms with Crippen LogP contribution in [0.15, 0.2) is 41.3 Å². The Balaban J connectivity index is 1.33. The molecule has 1 aromatic carbocycles. The number of fused-ring (bicyclic) bond motifs is 1. The van der Waals surface area contributed by atoms with Crippen molar-refractivity contribution in [3.8, 4) is 23.0 Å². The van der Waals surface area contributed by atoms with Crippen molar-refractivity contribution in [1.29, 1.82) is 0 Å². The van der Waals surface area contributed by atoms with Gasteiger partial charge in [0.05, 0.1) is 17.4 Å². The molecule has 0 bridgehead atoms. The molecule has 1 saturated heterocycles. The number of imidazole rings is 1. The number of nitrogens with zero attached hydrogens (tertiary/aromatic N) is 7. The van der Waals surface area contributed by atoms with Crippen LogP contribution in [-0.2, 0) is 17.9 Å². The van der Waals surface area contributed by atoms with Gasteiger partial charge in [-0.2, -0.15) is 10.1 Å². The molecule has 0 spiro atoms. The van der Waals surface area contributed by atoms with Crippen molar-refractivity contribution in [3.63, 3.8) is 0 Å². The summed E-state index contributed by atoms with van der Waals surface area (Å²) in [4.78, 5) is 23.2. The van der Waals surface area contributed by atoms with E-state index in [0.717, 1.165) is 49.1 Å². The number of carbonyl (C=O) groups is 1. The second kappa shape index (κ2) is 7.74. The van der Waals surface area contributed by atoms with Crippen molar-refractivity contribution in [2.45, 2.75) is 39.3 Å². The Bertz CT molecular complexity index is 1180. The lowest BCUT2D eigenvalue weighted by molar-refractivity contribution is -0.130. The smallest absolute Gasteiger partial charge is 0.278 e. The highest BCUT2D eigenvalue weighted by Gasteiger charge is 2.18. The molecule has 154 valence electrons. The van der Waals surface area contributed by atoms with E-state index in [9.17, 15) is 4.79 Å². The molecule has 1 amide bonds. The summed E-state index contributed by atoms with van der Waals surface area (Å²) in [6.07, 6.45) is 6.38. The van der Waals surface area contributed by atoms with Crippen LogP contribution in [-0.4, -0.2) is 53.4 Å². The summed E-state index contributed by atoms with van der Waals surface area (Å²) in [6, 6.07) is 7.73. The summed E-state index contributed by atoms with van der Waals surface area (Å²) in [7, 11) is 0. The fourth-order valence-corrected chi connectivity index (χ4v) is 3.82. The molecule has 0 N–H and O–H groups in total. The molecule has 0 aliphatic carbocycles. The monoisotopic (exact) mass is 405 g/mol. The van der Waals surface area contributed by atoms with E-state index in [1.165, 1.54) is 0 Å². The van der Waals surface area contributed by atoms with Crippen LogP contribution in [0.1, 0.15) is 26.2 Å². The standard InChI is InChI=1S/C21H23N7O2/c1-2-28-12-7-16(24-28)21-23-20(25-30-21)15-5-6-18-17(13-15)22-14-27(18)11-8-19(29)26-9-3-4-10-26/h5-7,12-14H,2-4,8-11H2,1H3. The van der Waals surface area contributed by atoms with Gasteiger partial charge < -0.3 is 14.0 Å². The molecule has 0 atom stereocenters. The van der Waals surface area contributed by atoms with Gasteiger partial charge in [0.1, 0.15) is 0 Å². The molecular weight excluding hydrogens is 382 g/mol. The zero-order chi connectivity index (χ0) is 20.5. The predicted molar refractivity (Wildman–Crippen MR) is 110 cm³/mol. The van der Waals surface area contributed by atoms with Crippen LogP contribution in [0.25, 0.3) is 34.0 Å². The fraction of sp³-hybridized carbons (Fsp3) is 0.381. The minimum absolute atomic E-state index is 0.218. The number of likely N-dealkylation sites (tertiary alicyclic amines) is 1. The van der Waals surface area contributed by atoms with Gasteiger partial charge in [0, 0.05) is 44.4 Å². The van der Waals surface area contributed by atoms with Gasteiger partial charge in [-0.05, 0) is 44.0 Å². The maximum absolute atomic E-state index is 12.3. The lowest BCUT2D eigenvalue weighted by atomic mass is 10.2. The first-order valence-corrected chi connectivity index (χ1v) is 10.3. The highest BCUT2D eigenvalue weighted by Crippen LogP contribution is 2.24. The Kier molecular flexibility index (Phi) is 4.78. The van der Waals surface area contributed by atoms with Gasteiger partial charge >= 0.3 is 0 Å². The minimum atomic E-state index is 0.218. The molecule has 0 radical (unpaired) electrons. The van der Waals surface area contributed by atoms with E-state index < -0.39 is 0 Å². The van der Waals surface area contributed by atoms with E-state index >= 15 is 0 Å². The number of benzene rings is 1. The van der Waals surface area contributed by atoms with Crippen molar-refractivity contribution in [1.82, 2.24) is 34.4 Å². The first-order chi connectivity index (χ1) is 14.7. The Labute approximate surface area is 173 Å². The third-order valence-electron chi connectivity index (χ3n) is 5.51. The highest BCUT2D eigenvalue weighted by molar-refractivity contribution is 5.81. The normalized spacial score (nSPS) is 14.1.